The summed E-state index contributed by atoms with van der Waals surface area (Å²) in [6.45, 7) is 8.26. The molecule has 2 heteroatoms. The van der Waals surface area contributed by atoms with Gasteiger partial charge in [-0.05, 0) is 44.4 Å². The quantitative estimate of drug-likeness (QED) is 0.792. The van der Waals surface area contributed by atoms with Gasteiger partial charge in [0.05, 0.1) is 17.1 Å². The van der Waals surface area contributed by atoms with Crippen molar-refractivity contribution in [1.29, 1.82) is 5.26 Å². The molecule has 0 aromatic carbocycles. The third kappa shape index (κ3) is 2.72. The Bertz CT molecular complexity index is 295. The van der Waals surface area contributed by atoms with Crippen LogP contribution in [0, 0.1) is 28.6 Å². The van der Waals surface area contributed by atoms with Crippen molar-refractivity contribution >= 4 is 0 Å². The summed E-state index contributed by atoms with van der Waals surface area (Å²) in [6.07, 6.45) is 7.37. The van der Waals surface area contributed by atoms with Crippen molar-refractivity contribution in [3.8, 4) is 6.07 Å². The summed E-state index contributed by atoms with van der Waals surface area (Å²) in [5.74, 6) is 0.948. The smallest absolute Gasteiger partial charge is 0.0860 e. The van der Waals surface area contributed by atoms with Crippen molar-refractivity contribution in [2.45, 2.75) is 78.2 Å². The molecule has 0 aromatic rings. The lowest BCUT2D eigenvalue weighted by Gasteiger charge is -2.47. The van der Waals surface area contributed by atoms with Crippen LogP contribution in [0.25, 0.3) is 0 Å². The Kier molecular flexibility index (Phi) is 5.22. The zero-order valence-corrected chi connectivity index (χ0v) is 12.5. The lowest BCUT2D eigenvalue weighted by Crippen LogP contribution is -2.51. The van der Waals surface area contributed by atoms with Gasteiger partial charge < -0.3 is 5.11 Å². The molecular formula is C16H29NO. The first kappa shape index (κ1) is 15.5. The molecule has 0 radical (unpaired) electrons. The van der Waals surface area contributed by atoms with Gasteiger partial charge in [-0.15, -0.1) is 0 Å². The fourth-order valence-corrected chi connectivity index (χ4v) is 3.47. The average Bonchev–Trinajstić information content (AvgIpc) is 2.39. The van der Waals surface area contributed by atoms with Gasteiger partial charge in [-0.3, -0.25) is 0 Å². The summed E-state index contributed by atoms with van der Waals surface area (Å²) in [7, 11) is 0. The topological polar surface area (TPSA) is 44.0 Å². The Labute approximate surface area is 112 Å². The second-order valence-corrected chi connectivity index (χ2v) is 6.38. The van der Waals surface area contributed by atoms with E-state index in [4.69, 9.17) is 0 Å². The molecule has 0 saturated heterocycles. The largest absolute Gasteiger partial charge is 0.388 e. The third-order valence-electron chi connectivity index (χ3n) is 5.41. The second kappa shape index (κ2) is 6.06. The molecule has 104 valence electrons. The molecular weight excluding hydrogens is 222 g/mol. The van der Waals surface area contributed by atoms with E-state index in [0.717, 1.165) is 38.0 Å². The Morgan fingerprint density at radius 1 is 1.39 bits per heavy atom. The predicted molar refractivity (Wildman–Crippen MR) is 75.0 cm³/mol. The third-order valence-corrected chi connectivity index (χ3v) is 5.41. The van der Waals surface area contributed by atoms with Crippen molar-refractivity contribution in [3.63, 3.8) is 0 Å². The normalized spacial score (nSPS) is 33.4. The highest BCUT2D eigenvalue weighted by molar-refractivity contribution is 5.12. The highest BCUT2D eigenvalue weighted by Gasteiger charge is 2.51. The minimum Gasteiger partial charge on any atom is -0.388 e. The first-order valence-corrected chi connectivity index (χ1v) is 7.57. The van der Waals surface area contributed by atoms with Crippen molar-refractivity contribution in [1.82, 2.24) is 0 Å². The highest BCUT2D eigenvalue weighted by Crippen LogP contribution is 2.50. The first-order chi connectivity index (χ1) is 8.43. The van der Waals surface area contributed by atoms with E-state index < -0.39 is 11.0 Å². The maximum Gasteiger partial charge on any atom is 0.0860 e. The first-order valence-electron chi connectivity index (χ1n) is 7.57. The number of aliphatic hydroxyl groups is 1. The zero-order valence-electron chi connectivity index (χ0n) is 12.5. The molecule has 0 aromatic heterocycles. The molecule has 1 N–H and O–H groups in total. The predicted octanol–water partition coefficient (Wildman–Crippen LogP) is 4.28. The summed E-state index contributed by atoms with van der Waals surface area (Å²) < 4.78 is 0. The van der Waals surface area contributed by atoms with Crippen LogP contribution in [0.1, 0.15) is 72.6 Å². The molecule has 0 heterocycles. The Hall–Kier alpha value is -0.550. The van der Waals surface area contributed by atoms with Crippen LogP contribution in [0.15, 0.2) is 0 Å². The fourth-order valence-electron chi connectivity index (χ4n) is 3.47. The summed E-state index contributed by atoms with van der Waals surface area (Å²) in [4.78, 5) is 0. The molecule has 0 amide bonds. The SMILES string of the molecule is CCCC1CCC(C#N)(C(C)(O)C(C)CC)CC1. The minimum atomic E-state index is -0.853. The molecule has 1 aliphatic rings. The van der Waals surface area contributed by atoms with Crippen LogP contribution >= 0.6 is 0 Å². The van der Waals surface area contributed by atoms with E-state index in [9.17, 15) is 10.4 Å². The maximum absolute atomic E-state index is 10.9. The van der Waals surface area contributed by atoms with E-state index in [1.165, 1.54) is 12.8 Å². The lowest BCUT2D eigenvalue weighted by molar-refractivity contribution is -0.102. The highest BCUT2D eigenvalue weighted by atomic mass is 16.3. The van der Waals surface area contributed by atoms with Gasteiger partial charge in [0.25, 0.3) is 0 Å². The fraction of sp³-hybridized carbons (Fsp3) is 0.938. The van der Waals surface area contributed by atoms with Crippen LogP contribution in [0.5, 0.6) is 0 Å². The molecule has 1 saturated carbocycles. The second-order valence-electron chi connectivity index (χ2n) is 6.38. The molecule has 1 aliphatic carbocycles. The van der Waals surface area contributed by atoms with Crippen molar-refractivity contribution in [3.05, 3.63) is 0 Å². The van der Waals surface area contributed by atoms with Gasteiger partial charge in [-0.25, -0.2) is 0 Å². The number of rotatable bonds is 5. The van der Waals surface area contributed by atoms with Gasteiger partial charge in [-0.1, -0.05) is 40.0 Å². The molecule has 0 bridgehead atoms. The van der Waals surface area contributed by atoms with Gasteiger partial charge in [-0.2, -0.15) is 5.26 Å². The van der Waals surface area contributed by atoms with E-state index >= 15 is 0 Å². The molecule has 2 atom stereocenters. The summed E-state index contributed by atoms with van der Waals surface area (Å²) in [6, 6.07) is 2.49. The average molecular weight is 251 g/mol. The monoisotopic (exact) mass is 251 g/mol. The van der Waals surface area contributed by atoms with E-state index in [-0.39, 0.29) is 5.92 Å². The number of hydrogen-bond acceptors (Lipinski definition) is 2. The Morgan fingerprint density at radius 3 is 2.33 bits per heavy atom. The van der Waals surface area contributed by atoms with Gasteiger partial charge in [0, 0.05) is 0 Å². The van der Waals surface area contributed by atoms with Gasteiger partial charge >= 0.3 is 0 Å². The Balaban J connectivity index is 2.81. The molecule has 0 spiro atoms. The van der Waals surface area contributed by atoms with Crippen LogP contribution < -0.4 is 0 Å². The molecule has 2 unspecified atom stereocenters. The maximum atomic E-state index is 10.9. The van der Waals surface area contributed by atoms with E-state index in [0.29, 0.717) is 0 Å². The van der Waals surface area contributed by atoms with E-state index in [1.54, 1.807) is 0 Å². The van der Waals surface area contributed by atoms with Crippen LogP contribution in [-0.2, 0) is 0 Å². The van der Waals surface area contributed by atoms with Crippen LogP contribution in [-0.4, -0.2) is 10.7 Å². The van der Waals surface area contributed by atoms with Crippen molar-refractivity contribution in [2.24, 2.45) is 17.3 Å². The van der Waals surface area contributed by atoms with Crippen molar-refractivity contribution < 1.29 is 5.11 Å². The zero-order chi connectivity index (χ0) is 13.8. The Morgan fingerprint density at radius 2 is 1.94 bits per heavy atom. The molecule has 2 nitrogen and oxygen atoms in total. The molecule has 18 heavy (non-hydrogen) atoms. The van der Waals surface area contributed by atoms with Gasteiger partial charge in [0.2, 0.25) is 0 Å². The summed E-state index contributed by atoms with van der Waals surface area (Å²) in [5, 5.41) is 20.5. The van der Waals surface area contributed by atoms with Crippen LogP contribution in [0.2, 0.25) is 0 Å². The number of nitrogens with zero attached hydrogens (tertiary/aromatic N) is 1. The standard InChI is InChI=1S/C16H29NO/c1-5-7-14-8-10-16(12-17,11-9-14)15(4,18)13(3)6-2/h13-14,18H,5-11H2,1-4H3. The lowest BCUT2D eigenvalue weighted by atomic mass is 9.58. The van der Waals surface area contributed by atoms with Gasteiger partial charge in [0.1, 0.15) is 0 Å². The molecule has 1 rings (SSSR count). The molecule has 0 aliphatic heterocycles. The summed E-state index contributed by atoms with van der Waals surface area (Å²) >= 11 is 0. The van der Waals surface area contributed by atoms with Crippen molar-refractivity contribution in [2.75, 3.05) is 0 Å². The number of nitriles is 1. The van der Waals surface area contributed by atoms with Crippen LogP contribution in [0.4, 0.5) is 0 Å². The molecule has 1 fully saturated rings. The van der Waals surface area contributed by atoms with E-state index in [1.807, 2.05) is 6.92 Å². The van der Waals surface area contributed by atoms with E-state index in [2.05, 4.69) is 26.8 Å². The van der Waals surface area contributed by atoms with Gasteiger partial charge in [0.15, 0.2) is 0 Å². The number of hydrogen-bond donors (Lipinski definition) is 1. The van der Waals surface area contributed by atoms with Crippen LogP contribution in [0.3, 0.4) is 0 Å². The summed E-state index contributed by atoms with van der Waals surface area (Å²) in [5.41, 5.74) is -1.37. The minimum absolute atomic E-state index is 0.180.